The van der Waals surface area contributed by atoms with Crippen LogP contribution in [0.2, 0.25) is 0 Å². The van der Waals surface area contributed by atoms with E-state index in [9.17, 15) is 14.4 Å². The van der Waals surface area contributed by atoms with E-state index in [1.807, 2.05) is 19.1 Å². The normalized spacial score (nSPS) is 28.1. The molecule has 0 saturated carbocycles. The van der Waals surface area contributed by atoms with Crippen LogP contribution >= 0.6 is 0 Å². The van der Waals surface area contributed by atoms with Crippen molar-refractivity contribution in [3.63, 3.8) is 0 Å². The van der Waals surface area contributed by atoms with E-state index >= 15 is 0 Å². The van der Waals surface area contributed by atoms with E-state index in [0.717, 1.165) is 11.1 Å². The van der Waals surface area contributed by atoms with Crippen LogP contribution < -0.4 is 0 Å². The van der Waals surface area contributed by atoms with Crippen molar-refractivity contribution in [3.05, 3.63) is 23.3 Å². The van der Waals surface area contributed by atoms with Crippen LogP contribution in [0.5, 0.6) is 0 Å². The van der Waals surface area contributed by atoms with Crippen molar-refractivity contribution in [2.45, 2.75) is 33.1 Å². The van der Waals surface area contributed by atoms with Crippen LogP contribution in [-0.4, -0.2) is 31.4 Å². The van der Waals surface area contributed by atoms with Crippen molar-refractivity contribution >= 4 is 17.7 Å². The molecule has 0 saturated heterocycles. The molecular weight excluding hydrogens is 272 g/mol. The summed E-state index contributed by atoms with van der Waals surface area (Å²) >= 11 is 0. The molecule has 0 unspecified atom stereocenters. The number of ether oxygens (including phenoxy) is 2. The molecule has 2 aliphatic carbocycles. The summed E-state index contributed by atoms with van der Waals surface area (Å²) in [7, 11) is 1.35. The molecule has 2 rings (SSSR count). The third-order valence-electron chi connectivity index (χ3n) is 4.30. The van der Waals surface area contributed by atoms with E-state index < -0.39 is 11.3 Å². The molecule has 0 fully saturated rings. The fourth-order valence-electron chi connectivity index (χ4n) is 3.15. The van der Waals surface area contributed by atoms with Crippen molar-refractivity contribution in [1.82, 2.24) is 0 Å². The molecule has 0 aliphatic heterocycles. The first-order valence-electron chi connectivity index (χ1n) is 7.01. The lowest BCUT2D eigenvalue weighted by Crippen LogP contribution is -2.31. The average molecular weight is 292 g/mol. The Morgan fingerprint density at radius 3 is 2.71 bits per heavy atom. The van der Waals surface area contributed by atoms with Gasteiger partial charge in [-0.1, -0.05) is 12.2 Å². The quantitative estimate of drug-likeness (QED) is 0.587. The predicted octanol–water partition coefficient (Wildman–Crippen LogP) is 1.96. The lowest BCUT2D eigenvalue weighted by Gasteiger charge is -2.28. The Morgan fingerprint density at radius 1 is 1.38 bits per heavy atom. The van der Waals surface area contributed by atoms with Crippen LogP contribution in [0.25, 0.3) is 0 Å². The molecule has 0 N–H and O–H groups in total. The van der Waals surface area contributed by atoms with Crippen LogP contribution in [0.3, 0.4) is 0 Å². The van der Waals surface area contributed by atoms with Gasteiger partial charge >= 0.3 is 11.9 Å². The third kappa shape index (κ3) is 2.91. The van der Waals surface area contributed by atoms with Gasteiger partial charge in [0.15, 0.2) is 0 Å². The number of carbonyl (C=O) groups excluding carboxylic acids is 3. The number of hydrogen-bond acceptors (Lipinski definition) is 5. The van der Waals surface area contributed by atoms with Gasteiger partial charge in [-0.15, -0.1) is 0 Å². The minimum atomic E-state index is -0.693. The third-order valence-corrected chi connectivity index (χ3v) is 4.30. The van der Waals surface area contributed by atoms with Gasteiger partial charge in [0.25, 0.3) is 0 Å². The maximum Gasteiger partial charge on any atom is 0.313 e. The molecule has 5 heteroatoms. The van der Waals surface area contributed by atoms with Gasteiger partial charge in [-0.25, -0.2) is 0 Å². The van der Waals surface area contributed by atoms with Crippen molar-refractivity contribution in [2.24, 2.45) is 11.3 Å². The van der Waals surface area contributed by atoms with Gasteiger partial charge < -0.3 is 9.47 Å². The lowest BCUT2D eigenvalue weighted by molar-refractivity contribution is -0.144. The minimum absolute atomic E-state index is 0.0991. The highest BCUT2D eigenvalue weighted by Gasteiger charge is 2.47. The Hall–Kier alpha value is -1.91. The maximum absolute atomic E-state index is 12.3. The number of methoxy groups -OCH3 is 1. The second kappa shape index (κ2) is 5.84. The van der Waals surface area contributed by atoms with Crippen molar-refractivity contribution < 1.29 is 23.9 Å². The summed E-state index contributed by atoms with van der Waals surface area (Å²) in [5.74, 6) is -1.02. The zero-order chi connectivity index (χ0) is 15.6. The van der Waals surface area contributed by atoms with E-state index in [1.54, 1.807) is 0 Å². The van der Waals surface area contributed by atoms with Crippen molar-refractivity contribution in [2.75, 3.05) is 13.7 Å². The van der Waals surface area contributed by atoms with Gasteiger partial charge in [-0.3, -0.25) is 14.4 Å². The van der Waals surface area contributed by atoms with Crippen LogP contribution in [0.1, 0.15) is 33.1 Å². The van der Waals surface area contributed by atoms with Gasteiger partial charge in [0.2, 0.25) is 0 Å². The fraction of sp³-hybridized carbons (Fsp3) is 0.562. The van der Waals surface area contributed by atoms with E-state index in [0.29, 0.717) is 19.3 Å². The molecule has 0 heterocycles. The number of ketones is 1. The number of esters is 2. The first kappa shape index (κ1) is 15.5. The molecule has 0 radical (unpaired) electrons. The van der Waals surface area contributed by atoms with Gasteiger partial charge in [0.1, 0.15) is 12.4 Å². The summed E-state index contributed by atoms with van der Waals surface area (Å²) in [4.78, 5) is 35.2. The molecule has 0 bridgehead atoms. The maximum atomic E-state index is 12.3. The second-order valence-corrected chi connectivity index (χ2v) is 5.75. The Morgan fingerprint density at radius 2 is 2.10 bits per heavy atom. The molecule has 0 amide bonds. The summed E-state index contributed by atoms with van der Waals surface area (Å²) in [5.41, 5.74) is 1.02. The molecule has 2 atom stereocenters. The van der Waals surface area contributed by atoms with E-state index in [1.165, 1.54) is 14.0 Å². The van der Waals surface area contributed by atoms with Crippen LogP contribution in [0, 0.1) is 11.3 Å². The highest BCUT2D eigenvalue weighted by Crippen LogP contribution is 2.47. The molecule has 114 valence electrons. The molecular formula is C16H20O5. The van der Waals surface area contributed by atoms with Crippen LogP contribution in [0.15, 0.2) is 23.3 Å². The zero-order valence-corrected chi connectivity index (χ0v) is 12.6. The Balaban J connectivity index is 2.30. The van der Waals surface area contributed by atoms with E-state index in [-0.39, 0.29) is 24.3 Å². The topological polar surface area (TPSA) is 69.7 Å². The van der Waals surface area contributed by atoms with Gasteiger partial charge in [0, 0.05) is 13.3 Å². The van der Waals surface area contributed by atoms with E-state index in [2.05, 4.69) is 0 Å². The number of allylic oxidation sites excluding steroid dienone is 2. The number of fused-ring (bicyclic) bond motifs is 1. The molecule has 2 aliphatic rings. The Bertz CT molecular complexity index is 543. The number of rotatable bonds is 3. The summed E-state index contributed by atoms with van der Waals surface area (Å²) in [6, 6.07) is 0. The van der Waals surface area contributed by atoms with Crippen molar-refractivity contribution in [3.8, 4) is 0 Å². The van der Waals surface area contributed by atoms with Crippen LogP contribution in [0.4, 0.5) is 0 Å². The number of Topliss-reactive ketones (excluding diaryl/α,β-unsaturated/α-hetero) is 1. The standard InChI is InChI=1S/C16H20O5/c1-10(17)21-9-11-4-5-12(15(19)20-3)13-6-7-14(18)16(13,2)8-11/h4,6,12H,5,7-9H2,1-3H3/t12-,16-/m0/s1. The summed E-state index contributed by atoms with van der Waals surface area (Å²) in [5, 5.41) is 0. The predicted molar refractivity (Wildman–Crippen MR) is 75.3 cm³/mol. The number of hydrogen-bond donors (Lipinski definition) is 0. The van der Waals surface area contributed by atoms with Crippen molar-refractivity contribution in [1.29, 1.82) is 0 Å². The average Bonchev–Trinajstić information content (AvgIpc) is 2.64. The molecule has 0 spiro atoms. The second-order valence-electron chi connectivity index (χ2n) is 5.75. The Kier molecular flexibility index (Phi) is 4.30. The summed E-state index contributed by atoms with van der Waals surface area (Å²) in [6.45, 7) is 3.37. The largest absolute Gasteiger partial charge is 0.469 e. The summed E-state index contributed by atoms with van der Waals surface area (Å²) in [6.07, 6.45) is 5.05. The number of carbonyl (C=O) groups is 3. The molecule has 0 aromatic rings. The lowest BCUT2D eigenvalue weighted by atomic mass is 9.74. The van der Waals surface area contributed by atoms with Gasteiger partial charge in [-0.2, -0.15) is 0 Å². The molecule has 0 aromatic carbocycles. The molecule has 21 heavy (non-hydrogen) atoms. The monoisotopic (exact) mass is 292 g/mol. The highest BCUT2D eigenvalue weighted by molar-refractivity contribution is 5.94. The first-order valence-corrected chi connectivity index (χ1v) is 7.01. The Labute approximate surface area is 124 Å². The highest BCUT2D eigenvalue weighted by atomic mass is 16.5. The summed E-state index contributed by atoms with van der Waals surface area (Å²) < 4.78 is 9.89. The van der Waals surface area contributed by atoms with Gasteiger partial charge in [0.05, 0.1) is 18.4 Å². The van der Waals surface area contributed by atoms with Gasteiger partial charge in [-0.05, 0) is 30.9 Å². The first-order chi connectivity index (χ1) is 9.88. The molecule has 5 nitrogen and oxygen atoms in total. The zero-order valence-electron chi connectivity index (χ0n) is 12.6. The van der Waals surface area contributed by atoms with E-state index in [4.69, 9.17) is 9.47 Å². The fourth-order valence-corrected chi connectivity index (χ4v) is 3.15. The molecule has 0 aromatic heterocycles. The SMILES string of the molecule is COC(=O)[C@H]1CC=C(COC(C)=O)C[C@]2(C)C(=O)CC=C12. The minimum Gasteiger partial charge on any atom is -0.469 e. The smallest absolute Gasteiger partial charge is 0.313 e. The van der Waals surface area contributed by atoms with Crippen LogP contribution in [-0.2, 0) is 23.9 Å².